The van der Waals surface area contributed by atoms with E-state index >= 15 is 0 Å². The van der Waals surface area contributed by atoms with Gasteiger partial charge in [-0.25, -0.2) is 4.39 Å². The number of thioether (sulfide) groups is 1. The van der Waals surface area contributed by atoms with Crippen LogP contribution >= 0.6 is 35.0 Å². The summed E-state index contributed by atoms with van der Waals surface area (Å²) in [7, 11) is 0. The van der Waals surface area contributed by atoms with E-state index in [0.717, 1.165) is 4.90 Å². The van der Waals surface area contributed by atoms with Crippen molar-refractivity contribution < 1.29 is 9.18 Å². The number of carbonyl (C=O) groups excluding carboxylic acids is 1. The van der Waals surface area contributed by atoms with E-state index in [-0.39, 0.29) is 17.0 Å². The molecule has 2 aromatic rings. The van der Waals surface area contributed by atoms with E-state index in [2.05, 4.69) is 5.32 Å². The van der Waals surface area contributed by atoms with Gasteiger partial charge in [0.25, 0.3) is 0 Å². The number of anilines is 1. The van der Waals surface area contributed by atoms with Crippen LogP contribution in [0.25, 0.3) is 0 Å². The quantitative estimate of drug-likeness (QED) is 0.768. The second-order valence-corrected chi connectivity index (χ2v) is 6.56. The first-order valence-corrected chi connectivity index (χ1v) is 7.77. The van der Waals surface area contributed by atoms with Gasteiger partial charge in [-0.1, -0.05) is 23.2 Å². The molecule has 1 atom stereocenters. The van der Waals surface area contributed by atoms with E-state index < -0.39 is 0 Å². The molecule has 0 unspecified atom stereocenters. The summed E-state index contributed by atoms with van der Waals surface area (Å²) >= 11 is 13.3. The highest BCUT2D eigenvalue weighted by atomic mass is 35.5. The van der Waals surface area contributed by atoms with Crippen LogP contribution in [0.1, 0.15) is 6.92 Å². The monoisotopic (exact) mass is 343 g/mol. The molecular weight excluding hydrogens is 332 g/mol. The number of hydrogen-bond donors (Lipinski definition) is 1. The first kappa shape index (κ1) is 16.1. The van der Waals surface area contributed by atoms with Crippen molar-refractivity contribution in [1.82, 2.24) is 0 Å². The van der Waals surface area contributed by atoms with Gasteiger partial charge in [-0.15, -0.1) is 11.8 Å². The lowest BCUT2D eigenvalue weighted by molar-refractivity contribution is -0.115. The molecular formula is C15H12Cl2FNOS. The van der Waals surface area contributed by atoms with E-state index in [1.165, 1.54) is 36.0 Å². The fourth-order valence-corrected chi connectivity index (χ4v) is 3.00. The summed E-state index contributed by atoms with van der Waals surface area (Å²) in [6, 6.07) is 10.7. The van der Waals surface area contributed by atoms with Crippen molar-refractivity contribution in [3.05, 3.63) is 58.3 Å². The molecule has 6 heteroatoms. The summed E-state index contributed by atoms with van der Waals surface area (Å²) in [4.78, 5) is 12.8. The van der Waals surface area contributed by atoms with Gasteiger partial charge >= 0.3 is 0 Å². The van der Waals surface area contributed by atoms with Crippen LogP contribution in [0, 0.1) is 5.82 Å². The summed E-state index contributed by atoms with van der Waals surface area (Å²) in [6.45, 7) is 1.76. The molecule has 0 saturated heterocycles. The summed E-state index contributed by atoms with van der Waals surface area (Å²) in [6.07, 6.45) is 0. The molecule has 0 bridgehead atoms. The molecule has 0 aromatic heterocycles. The molecule has 0 saturated carbocycles. The van der Waals surface area contributed by atoms with E-state index in [0.29, 0.717) is 15.7 Å². The largest absolute Gasteiger partial charge is 0.325 e. The number of nitrogens with one attached hydrogen (secondary N) is 1. The van der Waals surface area contributed by atoms with Crippen LogP contribution in [0.2, 0.25) is 10.0 Å². The minimum absolute atomic E-state index is 0.192. The summed E-state index contributed by atoms with van der Waals surface area (Å²) in [5.74, 6) is -0.538. The average Bonchev–Trinajstić information content (AvgIpc) is 2.45. The minimum Gasteiger partial charge on any atom is -0.325 e. The third-order valence-electron chi connectivity index (χ3n) is 2.68. The Hall–Kier alpha value is -1.23. The standard InChI is InChI=1S/C15H12Cl2FNOS/c1-9(21-14-8-10(16)2-7-13(14)17)15(20)19-12-5-3-11(18)4-6-12/h2-9H,1H3,(H,19,20)/t9-/m0/s1. The van der Waals surface area contributed by atoms with Gasteiger partial charge in [0.15, 0.2) is 0 Å². The molecule has 1 amide bonds. The first-order chi connectivity index (χ1) is 9.95. The zero-order chi connectivity index (χ0) is 15.4. The lowest BCUT2D eigenvalue weighted by atomic mass is 10.3. The highest BCUT2D eigenvalue weighted by Gasteiger charge is 2.16. The van der Waals surface area contributed by atoms with Crippen LogP contribution in [0.5, 0.6) is 0 Å². The number of rotatable bonds is 4. The summed E-state index contributed by atoms with van der Waals surface area (Å²) < 4.78 is 12.8. The number of amides is 1. The highest BCUT2D eigenvalue weighted by Crippen LogP contribution is 2.33. The third-order valence-corrected chi connectivity index (χ3v) is 4.51. The van der Waals surface area contributed by atoms with Crippen molar-refractivity contribution in [2.24, 2.45) is 0 Å². The molecule has 21 heavy (non-hydrogen) atoms. The lowest BCUT2D eigenvalue weighted by Gasteiger charge is -2.13. The Morgan fingerprint density at radius 1 is 1.19 bits per heavy atom. The van der Waals surface area contributed by atoms with Crippen LogP contribution < -0.4 is 5.32 Å². The Balaban J connectivity index is 2.02. The van der Waals surface area contributed by atoms with Crippen LogP contribution in [-0.4, -0.2) is 11.2 Å². The van der Waals surface area contributed by atoms with E-state index in [9.17, 15) is 9.18 Å². The Morgan fingerprint density at radius 3 is 2.52 bits per heavy atom. The maximum atomic E-state index is 12.8. The summed E-state index contributed by atoms with van der Waals surface area (Å²) in [5, 5.41) is 3.46. The highest BCUT2D eigenvalue weighted by molar-refractivity contribution is 8.00. The van der Waals surface area contributed by atoms with Gasteiger partial charge in [-0.3, -0.25) is 4.79 Å². The third kappa shape index (κ3) is 4.63. The van der Waals surface area contributed by atoms with Crippen molar-refractivity contribution in [3.63, 3.8) is 0 Å². The van der Waals surface area contributed by atoms with Gasteiger partial charge < -0.3 is 5.32 Å². The molecule has 1 N–H and O–H groups in total. The number of hydrogen-bond acceptors (Lipinski definition) is 2. The molecule has 0 spiro atoms. The van der Waals surface area contributed by atoms with Gasteiger partial charge in [0.1, 0.15) is 5.82 Å². The molecule has 0 fully saturated rings. The number of benzene rings is 2. The maximum absolute atomic E-state index is 12.8. The smallest absolute Gasteiger partial charge is 0.237 e. The molecule has 0 aliphatic carbocycles. The lowest BCUT2D eigenvalue weighted by Crippen LogP contribution is -2.22. The van der Waals surface area contributed by atoms with Crippen molar-refractivity contribution in [2.75, 3.05) is 5.32 Å². The van der Waals surface area contributed by atoms with Crippen molar-refractivity contribution >= 4 is 46.6 Å². The fraction of sp³-hybridized carbons (Fsp3) is 0.133. The normalized spacial score (nSPS) is 12.0. The molecule has 110 valence electrons. The molecule has 0 aliphatic rings. The van der Waals surface area contributed by atoms with Gasteiger partial charge in [0, 0.05) is 15.6 Å². The predicted octanol–water partition coefficient (Wildman–Crippen LogP) is 5.25. The van der Waals surface area contributed by atoms with Crippen molar-refractivity contribution in [2.45, 2.75) is 17.1 Å². The Morgan fingerprint density at radius 2 is 1.86 bits per heavy atom. The SMILES string of the molecule is C[C@H](Sc1cc(Cl)ccc1Cl)C(=O)Nc1ccc(F)cc1. The van der Waals surface area contributed by atoms with Gasteiger partial charge in [0.05, 0.1) is 10.3 Å². The predicted molar refractivity (Wildman–Crippen MR) is 86.8 cm³/mol. The zero-order valence-electron chi connectivity index (χ0n) is 11.1. The average molecular weight is 344 g/mol. The Bertz CT molecular complexity index is 649. The first-order valence-electron chi connectivity index (χ1n) is 6.14. The molecule has 0 radical (unpaired) electrons. The van der Waals surface area contributed by atoms with Crippen molar-refractivity contribution in [3.8, 4) is 0 Å². The van der Waals surface area contributed by atoms with Gasteiger partial charge in [-0.05, 0) is 49.4 Å². The van der Waals surface area contributed by atoms with Crippen LogP contribution in [0.4, 0.5) is 10.1 Å². The minimum atomic E-state index is -0.369. The number of halogens is 3. The second kappa shape index (κ2) is 7.16. The Kier molecular flexibility index (Phi) is 5.51. The Labute approximate surface area is 136 Å². The van der Waals surface area contributed by atoms with E-state index in [1.807, 2.05) is 0 Å². The molecule has 0 heterocycles. The van der Waals surface area contributed by atoms with Crippen molar-refractivity contribution in [1.29, 1.82) is 0 Å². The summed E-state index contributed by atoms with van der Waals surface area (Å²) in [5.41, 5.74) is 0.547. The van der Waals surface area contributed by atoms with Crippen LogP contribution in [0.15, 0.2) is 47.4 Å². The van der Waals surface area contributed by atoms with Crippen LogP contribution in [-0.2, 0) is 4.79 Å². The topological polar surface area (TPSA) is 29.1 Å². The number of carbonyl (C=O) groups is 1. The van der Waals surface area contributed by atoms with Gasteiger partial charge in [-0.2, -0.15) is 0 Å². The van der Waals surface area contributed by atoms with Crippen LogP contribution in [0.3, 0.4) is 0 Å². The second-order valence-electron chi connectivity index (χ2n) is 4.33. The molecule has 2 nitrogen and oxygen atoms in total. The molecule has 2 aromatic carbocycles. The fourth-order valence-electron chi connectivity index (χ4n) is 1.59. The molecule has 0 aliphatic heterocycles. The van der Waals surface area contributed by atoms with E-state index in [4.69, 9.17) is 23.2 Å². The molecule has 2 rings (SSSR count). The van der Waals surface area contributed by atoms with Gasteiger partial charge in [0.2, 0.25) is 5.91 Å². The zero-order valence-corrected chi connectivity index (χ0v) is 13.4. The van der Waals surface area contributed by atoms with E-state index in [1.54, 1.807) is 25.1 Å². The maximum Gasteiger partial charge on any atom is 0.237 e.